The van der Waals surface area contributed by atoms with Crippen LogP contribution in [0.3, 0.4) is 0 Å². The highest BCUT2D eigenvalue weighted by molar-refractivity contribution is 7.11. The van der Waals surface area contributed by atoms with Gasteiger partial charge in [-0.3, -0.25) is 0 Å². The van der Waals surface area contributed by atoms with Gasteiger partial charge in [-0.05, 0) is 6.92 Å². The first kappa shape index (κ1) is 15.3. The number of rotatable bonds is 3. The normalized spacial score (nSPS) is 9.58. The summed E-state index contributed by atoms with van der Waals surface area (Å²) in [7, 11) is 1.67. The van der Waals surface area contributed by atoms with E-state index >= 15 is 0 Å². The van der Waals surface area contributed by atoms with Crippen LogP contribution in [-0.4, -0.2) is 11.9 Å². The number of aryl methyl sites for hydroxylation is 2. The molecular weight excluding hydrogens is 288 g/mol. The SMILES string of the molecule is CC[n+]1ccsc1C(=O)[O-].C[n+]1ccsc1C(=O)[O-]. The Kier molecular flexibility index (Phi) is 5.58. The van der Waals surface area contributed by atoms with Gasteiger partial charge in [0.1, 0.15) is 13.6 Å². The van der Waals surface area contributed by atoms with Crippen LogP contribution in [0.15, 0.2) is 23.2 Å². The lowest BCUT2D eigenvalue weighted by atomic mass is 10.6. The van der Waals surface area contributed by atoms with Gasteiger partial charge in [0.25, 0.3) is 10.0 Å². The van der Waals surface area contributed by atoms with Crippen molar-refractivity contribution >= 4 is 34.6 Å². The molecule has 0 spiro atoms. The van der Waals surface area contributed by atoms with Crippen molar-refractivity contribution in [1.82, 2.24) is 0 Å². The Morgan fingerprint density at radius 3 is 1.95 bits per heavy atom. The molecule has 2 rings (SSSR count). The number of carboxylic acid groups (broad SMARTS) is 2. The van der Waals surface area contributed by atoms with Gasteiger partial charge in [-0.25, -0.2) is 0 Å². The molecule has 0 aliphatic heterocycles. The summed E-state index contributed by atoms with van der Waals surface area (Å²) in [5, 5.41) is 24.4. The first-order valence-electron chi connectivity index (χ1n) is 5.30. The van der Waals surface area contributed by atoms with Gasteiger partial charge in [0.15, 0.2) is 24.3 Å². The third-order valence-corrected chi connectivity index (χ3v) is 3.97. The van der Waals surface area contributed by atoms with Crippen LogP contribution in [-0.2, 0) is 13.6 Å². The maximum Gasteiger partial charge on any atom is 0.284 e. The molecule has 2 aromatic rings. The van der Waals surface area contributed by atoms with Crippen LogP contribution in [0.1, 0.15) is 26.5 Å². The minimum absolute atomic E-state index is 0.245. The predicted molar refractivity (Wildman–Crippen MR) is 64.3 cm³/mol. The molecule has 0 amide bonds. The van der Waals surface area contributed by atoms with Crippen molar-refractivity contribution in [1.29, 1.82) is 0 Å². The van der Waals surface area contributed by atoms with Crippen LogP contribution in [0, 0.1) is 0 Å². The van der Waals surface area contributed by atoms with E-state index in [1.54, 1.807) is 34.8 Å². The van der Waals surface area contributed by atoms with Crippen LogP contribution in [0.2, 0.25) is 0 Å². The van der Waals surface area contributed by atoms with E-state index in [2.05, 4.69) is 0 Å². The molecule has 19 heavy (non-hydrogen) atoms. The van der Waals surface area contributed by atoms with E-state index in [0.717, 1.165) is 11.3 Å². The minimum Gasteiger partial charge on any atom is -0.539 e. The summed E-state index contributed by atoms with van der Waals surface area (Å²) < 4.78 is 3.15. The van der Waals surface area contributed by atoms with Gasteiger partial charge in [0, 0.05) is 0 Å². The Bertz CT molecular complexity index is 577. The van der Waals surface area contributed by atoms with Gasteiger partial charge in [-0.15, -0.1) is 0 Å². The van der Waals surface area contributed by atoms with E-state index in [4.69, 9.17) is 0 Å². The first-order chi connectivity index (χ1) is 8.97. The Morgan fingerprint density at radius 2 is 1.63 bits per heavy atom. The highest BCUT2D eigenvalue weighted by atomic mass is 32.1. The number of nitrogens with zero attached hydrogens (tertiary/aromatic N) is 2. The zero-order chi connectivity index (χ0) is 14.4. The molecule has 0 bridgehead atoms. The van der Waals surface area contributed by atoms with Crippen molar-refractivity contribution < 1.29 is 28.9 Å². The molecule has 0 fully saturated rings. The fourth-order valence-electron chi connectivity index (χ4n) is 1.25. The average molecular weight is 300 g/mol. The molecule has 2 aromatic heterocycles. The lowest BCUT2D eigenvalue weighted by Crippen LogP contribution is -2.40. The van der Waals surface area contributed by atoms with E-state index in [1.807, 2.05) is 6.92 Å². The van der Waals surface area contributed by atoms with Crippen molar-refractivity contribution in [3.05, 3.63) is 33.2 Å². The van der Waals surface area contributed by atoms with E-state index in [0.29, 0.717) is 6.54 Å². The summed E-state index contributed by atoms with van der Waals surface area (Å²) in [6.07, 6.45) is 3.41. The fourth-order valence-corrected chi connectivity index (χ4v) is 2.70. The van der Waals surface area contributed by atoms with Gasteiger partial charge in [-0.1, -0.05) is 22.7 Å². The number of carbonyl (C=O) groups excluding carboxylic acids is 2. The predicted octanol–water partition coefficient (Wildman–Crippen LogP) is -1.64. The zero-order valence-electron chi connectivity index (χ0n) is 10.4. The molecule has 0 atom stereocenters. The first-order valence-corrected chi connectivity index (χ1v) is 7.06. The van der Waals surface area contributed by atoms with Crippen LogP contribution in [0.25, 0.3) is 0 Å². The van der Waals surface area contributed by atoms with Crippen LogP contribution in [0.4, 0.5) is 0 Å². The molecule has 0 radical (unpaired) electrons. The molecule has 0 saturated heterocycles. The van der Waals surface area contributed by atoms with Crippen molar-refractivity contribution in [3.63, 3.8) is 0 Å². The molecule has 0 aliphatic carbocycles. The van der Waals surface area contributed by atoms with Crippen molar-refractivity contribution in [2.75, 3.05) is 0 Å². The Labute approximate surface area is 117 Å². The largest absolute Gasteiger partial charge is 0.539 e. The van der Waals surface area contributed by atoms with Crippen molar-refractivity contribution in [2.45, 2.75) is 13.5 Å². The van der Waals surface area contributed by atoms with E-state index < -0.39 is 11.9 Å². The van der Waals surface area contributed by atoms with Crippen LogP contribution in [0.5, 0.6) is 0 Å². The lowest BCUT2D eigenvalue weighted by Gasteiger charge is -1.93. The second-order valence-electron chi connectivity index (χ2n) is 3.39. The minimum atomic E-state index is -1.12. The molecule has 0 N–H and O–H groups in total. The second kappa shape index (κ2) is 6.95. The highest BCUT2D eigenvalue weighted by Gasteiger charge is 2.10. The quantitative estimate of drug-likeness (QED) is 0.636. The zero-order valence-corrected chi connectivity index (χ0v) is 12.0. The molecule has 6 nitrogen and oxygen atoms in total. The number of aromatic nitrogens is 2. The standard InChI is InChI=1S/C6H7NO2S.C5H5NO2S/c1-2-7-3-4-10-5(7)6(8)9;1-6-2-3-9-4(6)5(7)8/h3-4H,2H2,1H3;2-3H,1H3. The summed E-state index contributed by atoms with van der Waals surface area (Å²) in [5.74, 6) is -2.22. The average Bonchev–Trinajstić information content (AvgIpc) is 2.97. The number of hydrogen-bond donors (Lipinski definition) is 0. The summed E-state index contributed by atoms with van der Waals surface area (Å²) >= 11 is 2.34. The molecule has 0 aliphatic rings. The number of thiazole rings is 2. The molecular formula is C11H12N2O4S2. The number of carbonyl (C=O) groups is 2. The lowest BCUT2D eigenvalue weighted by molar-refractivity contribution is -0.692. The van der Waals surface area contributed by atoms with Gasteiger partial charge in [0.2, 0.25) is 0 Å². The Balaban J connectivity index is 0.000000191. The van der Waals surface area contributed by atoms with E-state index in [9.17, 15) is 19.8 Å². The molecule has 8 heteroatoms. The van der Waals surface area contributed by atoms with Crippen LogP contribution >= 0.6 is 22.7 Å². The molecule has 0 aromatic carbocycles. The molecule has 0 saturated carbocycles. The molecule has 102 valence electrons. The van der Waals surface area contributed by atoms with Gasteiger partial charge < -0.3 is 19.8 Å². The third kappa shape index (κ3) is 4.11. The maximum absolute atomic E-state index is 10.3. The highest BCUT2D eigenvalue weighted by Crippen LogP contribution is 1.99. The van der Waals surface area contributed by atoms with Gasteiger partial charge in [-0.2, -0.15) is 9.13 Å². The van der Waals surface area contributed by atoms with Crippen LogP contribution < -0.4 is 19.3 Å². The Hall–Kier alpha value is -1.80. The maximum atomic E-state index is 10.3. The monoisotopic (exact) mass is 300 g/mol. The molecule has 0 unspecified atom stereocenters. The fraction of sp³-hybridized carbons (Fsp3) is 0.273. The van der Waals surface area contributed by atoms with Gasteiger partial charge >= 0.3 is 0 Å². The number of carboxylic acids is 2. The van der Waals surface area contributed by atoms with Crippen molar-refractivity contribution in [3.8, 4) is 0 Å². The van der Waals surface area contributed by atoms with Gasteiger partial charge in [0.05, 0.1) is 10.8 Å². The smallest absolute Gasteiger partial charge is 0.284 e. The number of aromatic carboxylic acids is 2. The summed E-state index contributed by atoms with van der Waals surface area (Å²) in [6.45, 7) is 2.56. The summed E-state index contributed by atoms with van der Waals surface area (Å²) in [4.78, 5) is 20.5. The summed E-state index contributed by atoms with van der Waals surface area (Å²) in [6, 6.07) is 0. The second-order valence-corrected chi connectivity index (χ2v) is 5.18. The topological polar surface area (TPSA) is 88.0 Å². The summed E-state index contributed by atoms with van der Waals surface area (Å²) in [5.41, 5.74) is 0. The van der Waals surface area contributed by atoms with E-state index in [-0.39, 0.29) is 10.0 Å². The van der Waals surface area contributed by atoms with Crippen molar-refractivity contribution in [2.24, 2.45) is 7.05 Å². The van der Waals surface area contributed by atoms with E-state index in [1.165, 1.54) is 15.9 Å². The Morgan fingerprint density at radius 1 is 1.11 bits per heavy atom. The molecule has 2 heterocycles. The number of hydrogen-bond acceptors (Lipinski definition) is 6. The third-order valence-electron chi connectivity index (χ3n) is 2.16.